The van der Waals surface area contributed by atoms with Gasteiger partial charge in [0, 0.05) is 11.6 Å². The highest BCUT2D eigenvalue weighted by atomic mass is 19.1. The maximum Gasteiger partial charge on any atom is 0.234 e. The van der Waals surface area contributed by atoms with Crippen LogP contribution in [0, 0.1) is 12.7 Å². The Balaban J connectivity index is 1.96. The van der Waals surface area contributed by atoms with Crippen molar-refractivity contribution in [3.63, 3.8) is 0 Å². The van der Waals surface area contributed by atoms with E-state index in [2.05, 4.69) is 17.1 Å². The van der Waals surface area contributed by atoms with E-state index < -0.39 is 0 Å². The Morgan fingerprint density at radius 1 is 1.33 bits per heavy atom. The van der Waals surface area contributed by atoms with E-state index in [-0.39, 0.29) is 17.3 Å². The summed E-state index contributed by atoms with van der Waals surface area (Å²) in [6.07, 6.45) is 4.16. The van der Waals surface area contributed by atoms with Crippen LogP contribution in [0.3, 0.4) is 0 Å². The van der Waals surface area contributed by atoms with Gasteiger partial charge in [-0.2, -0.15) is 4.98 Å². The first-order chi connectivity index (χ1) is 9.99. The van der Waals surface area contributed by atoms with Crippen molar-refractivity contribution in [2.45, 2.75) is 51.0 Å². The van der Waals surface area contributed by atoms with Crippen LogP contribution in [-0.4, -0.2) is 16.2 Å². The molecule has 112 valence electrons. The molecule has 1 aliphatic carbocycles. The van der Waals surface area contributed by atoms with Crippen LogP contribution in [0.15, 0.2) is 22.7 Å². The third-order valence-electron chi connectivity index (χ3n) is 4.49. The van der Waals surface area contributed by atoms with Gasteiger partial charge in [0.2, 0.25) is 11.7 Å². The Labute approximate surface area is 123 Å². The molecule has 0 saturated heterocycles. The summed E-state index contributed by atoms with van der Waals surface area (Å²) in [6.45, 7) is 3.91. The summed E-state index contributed by atoms with van der Waals surface area (Å²) in [4.78, 5) is 4.48. The summed E-state index contributed by atoms with van der Waals surface area (Å²) in [6, 6.07) is 4.77. The molecule has 0 radical (unpaired) electrons. The molecule has 4 nitrogen and oxygen atoms in total. The molecule has 0 spiro atoms. The van der Waals surface area contributed by atoms with Crippen LogP contribution >= 0.6 is 0 Å². The summed E-state index contributed by atoms with van der Waals surface area (Å²) in [5, 5.41) is 4.02. The van der Waals surface area contributed by atoms with Gasteiger partial charge in [-0.15, -0.1) is 0 Å². The summed E-state index contributed by atoms with van der Waals surface area (Å²) in [5.41, 5.74) is 7.43. The smallest absolute Gasteiger partial charge is 0.234 e. The molecule has 3 rings (SSSR count). The molecule has 21 heavy (non-hydrogen) atoms. The first-order valence-electron chi connectivity index (χ1n) is 7.36. The minimum atomic E-state index is -0.295. The van der Waals surface area contributed by atoms with Gasteiger partial charge in [0.25, 0.3) is 0 Å². The molecular formula is C16H20FN3O. The van der Waals surface area contributed by atoms with E-state index in [1.807, 2.05) is 13.0 Å². The lowest BCUT2D eigenvalue weighted by Gasteiger charge is -2.35. The van der Waals surface area contributed by atoms with E-state index in [9.17, 15) is 4.39 Å². The van der Waals surface area contributed by atoms with Gasteiger partial charge in [0.1, 0.15) is 5.82 Å². The van der Waals surface area contributed by atoms with Crippen molar-refractivity contribution in [2.75, 3.05) is 0 Å². The van der Waals surface area contributed by atoms with Crippen LogP contribution in [0.5, 0.6) is 0 Å². The average Bonchev–Trinajstić information content (AvgIpc) is 2.91. The molecule has 0 bridgehead atoms. The van der Waals surface area contributed by atoms with Gasteiger partial charge in [0.15, 0.2) is 0 Å². The predicted octanol–water partition coefficient (Wildman–Crippen LogP) is 3.34. The molecule has 2 unspecified atom stereocenters. The Morgan fingerprint density at radius 3 is 2.86 bits per heavy atom. The van der Waals surface area contributed by atoms with Crippen LogP contribution in [0.4, 0.5) is 4.39 Å². The Kier molecular flexibility index (Phi) is 3.53. The third-order valence-corrected chi connectivity index (χ3v) is 4.49. The topological polar surface area (TPSA) is 64.9 Å². The lowest BCUT2D eigenvalue weighted by molar-refractivity contribution is 0.203. The van der Waals surface area contributed by atoms with Gasteiger partial charge in [-0.3, -0.25) is 0 Å². The molecule has 0 amide bonds. The number of nitrogens with zero attached hydrogens (tertiary/aromatic N) is 2. The van der Waals surface area contributed by atoms with Gasteiger partial charge < -0.3 is 10.3 Å². The third kappa shape index (κ3) is 2.58. The Morgan fingerprint density at radius 2 is 2.14 bits per heavy atom. The fourth-order valence-corrected chi connectivity index (χ4v) is 3.06. The summed E-state index contributed by atoms with van der Waals surface area (Å²) in [7, 11) is 0. The lowest BCUT2D eigenvalue weighted by Crippen LogP contribution is -2.45. The molecule has 1 aromatic carbocycles. The summed E-state index contributed by atoms with van der Waals surface area (Å²) >= 11 is 0. The van der Waals surface area contributed by atoms with Crippen molar-refractivity contribution in [2.24, 2.45) is 5.73 Å². The maximum absolute atomic E-state index is 13.5. The molecule has 1 saturated carbocycles. The molecule has 1 aliphatic rings. The highest BCUT2D eigenvalue weighted by Gasteiger charge is 2.40. The maximum atomic E-state index is 13.5. The van der Waals surface area contributed by atoms with E-state index in [0.29, 0.717) is 17.3 Å². The Hall–Kier alpha value is -1.75. The standard InChI is InChI=1S/C16H20FN3O/c1-10-7-11(9-12(17)8-10)14-19-15(21-20-14)16(2)6-4-3-5-13(16)18/h7-9,13H,3-6,18H2,1-2H3. The van der Waals surface area contributed by atoms with Crippen molar-refractivity contribution in [3.05, 3.63) is 35.5 Å². The second kappa shape index (κ2) is 5.22. The van der Waals surface area contributed by atoms with Gasteiger partial charge in [-0.25, -0.2) is 4.39 Å². The SMILES string of the molecule is Cc1cc(F)cc(-c2noc(C3(C)CCCCC3N)n2)c1. The van der Waals surface area contributed by atoms with E-state index in [1.54, 1.807) is 0 Å². The number of rotatable bonds is 2. The van der Waals surface area contributed by atoms with Crippen LogP contribution in [0.25, 0.3) is 11.4 Å². The van der Waals surface area contributed by atoms with Crippen LogP contribution < -0.4 is 5.73 Å². The van der Waals surface area contributed by atoms with E-state index in [0.717, 1.165) is 31.2 Å². The number of nitrogens with two attached hydrogens (primary N) is 1. The van der Waals surface area contributed by atoms with Crippen LogP contribution in [-0.2, 0) is 5.41 Å². The van der Waals surface area contributed by atoms with Crippen molar-refractivity contribution >= 4 is 0 Å². The first kappa shape index (κ1) is 14.2. The Bertz CT molecular complexity index is 634. The number of hydrogen-bond acceptors (Lipinski definition) is 4. The van der Waals surface area contributed by atoms with Gasteiger partial charge in [0.05, 0.1) is 5.41 Å². The van der Waals surface area contributed by atoms with Crippen LogP contribution in [0.2, 0.25) is 0 Å². The molecular weight excluding hydrogens is 269 g/mol. The van der Waals surface area contributed by atoms with E-state index >= 15 is 0 Å². The van der Waals surface area contributed by atoms with Crippen molar-refractivity contribution in [3.8, 4) is 11.4 Å². The zero-order valence-corrected chi connectivity index (χ0v) is 12.4. The molecule has 1 fully saturated rings. The number of hydrogen-bond donors (Lipinski definition) is 1. The van der Waals surface area contributed by atoms with E-state index in [4.69, 9.17) is 10.3 Å². The van der Waals surface area contributed by atoms with E-state index in [1.165, 1.54) is 12.1 Å². The fraction of sp³-hybridized carbons (Fsp3) is 0.500. The number of halogens is 1. The quantitative estimate of drug-likeness (QED) is 0.920. The molecule has 5 heteroatoms. The summed E-state index contributed by atoms with van der Waals surface area (Å²) in [5.74, 6) is 0.690. The molecule has 1 heterocycles. The second-order valence-corrected chi connectivity index (χ2v) is 6.21. The lowest BCUT2D eigenvalue weighted by atomic mass is 9.72. The summed E-state index contributed by atoms with van der Waals surface area (Å²) < 4.78 is 19.0. The van der Waals surface area contributed by atoms with Crippen molar-refractivity contribution in [1.82, 2.24) is 10.1 Å². The molecule has 1 aromatic heterocycles. The monoisotopic (exact) mass is 289 g/mol. The minimum absolute atomic E-state index is 0.0220. The van der Waals surface area contributed by atoms with Crippen LogP contribution in [0.1, 0.15) is 44.1 Å². The van der Waals surface area contributed by atoms with Gasteiger partial charge in [-0.1, -0.05) is 18.0 Å². The normalized spacial score (nSPS) is 26.0. The number of aryl methyl sites for hydroxylation is 1. The van der Waals surface area contributed by atoms with Crippen molar-refractivity contribution in [1.29, 1.82) is 0 Å². The van der Waals surface area contributed by atoms with Gasteiger partial charge >= 0.3 is 0 Å². The fourth-order valence-electron chi connectivity index (χ4n) is 3.06. The van der Waals surface area contributed by atoms with Gasteiger partial charge in [-0.05, 0) is 50.5 Å². The molecule has 0 aliphatic heterocycles. The highest BCUT2D eigenvalue weighted by molar-refractivity contribution is 5.55. The molecule has 2 aromatic rings. The first-order valence-corrected chi connectivity index (χ1v) is 7.36. The number of aromatic nitrogens is 2. The molecule has 2 atom stereocenters. The predicted molar refractivity (Wildman–Crippen MR) is 78.2 cm³/mol. The largest absolute Gasteiger partial charge is 0.338 e. The zero-order valence-electron chi connectivity index (χ0n) is 12.4. The minimum Gasteiger partial charge on any atom is -0.338 e. The molecule has 2 N–H and O–H groups in total. The second-order valence-electron chi connectivity index (χ2n) is 6.21. The average molecular weight is 289 g/mol. The zero-order chi connectivity index (χ0) is 15.0. The van der Waals surface area contributed by atoms with Crippen molar-refractivity contribution < 1.29 is 8.91 Å². The highest BCUT2D eigenvalue weighted by Crippen LogP contribution is 2.38. The number of benzene rings is 1.